The van der Waals surface area contributed by atoms with E-state index >= 15 is 0 Å². The van der Waals surface area contributed by atoms with Gasteiger partial charge in [-0.05, 0) is 75.9 Å². The smallest absolute Gasteiger partial charge is 0.0464 e. The largest absolute Gasteiger partial charge is 0.355 e. The molecule has 3 heteroatoms. The highest BCUT2D eigenvalue weighted by atomic mass is 32.3. The fraction of sp³-hybridized carbons (Fsp3) is 0.282. The van der Waals surface area contributed by atoms with Crippen molar-refractivity contribution in [2.24, 2.45) is 0 Å². The first-order chi connectivity index (χ1) is 19.8. The van der Waals surface area contributed by atoms with Gasteiger partial charge in [-0.2, -0.15) is 0 Å². The second-order valence-electron chi connectivity index (χ2n) is 13.8. The highest BCUT2D eigenvalue weighted by Crippen LogP contribution is 2.57. The Balaban J connectivity index is 1.58. The van der Waals surface area contributed by atoms with Gasteiger partial charge in [0.25, 0.3) is 0 Å². The van der Waals surface area contributed by atoms with Crippen molar-refractivity contribution in [3.8, 4) is 11.1 Å². The van der Waals surface area contributed by atoms with Crippen molar-refractivity contribution < 1.29 is 0 Å². The molecule has 42 heavy (non-hydrogen) atoms. The molecule has 2 N–H and O–H groups in total. The van der Waals surface area contributed by atoms with Crippen molar-refractivity contribution in [3.63, 3.8) is 0 Å². The van der Waals surface area contributed by atoms with Crippen LogP contribution in [-0.2, 0) is 10.8 Å². The zero-order chi connectivity index (χ0) is 30.1. The molecular formula is C39H46N2S. The summed E-state index contributed by atoms with van der Waals surface area (Å²) in [7, 11) is -1.47. The van der Waals surface area contributed by atoms with E-state index in [-0.39, 0.29) is 16.7 Å². The van der Waals surface area contributed by atoms with Crippen LogP contribution in [0.4, 0.5) is 17.1 Å². The first-order valence-corrected chi connectivity index (χ1v) is 17.3. The van der Waals surface area contributed by atoms with Gasteiger partial charge in [0, 0.05) is 33.4 Å². The molecule has 0 amide bonds. The number of rotatable bonds is 7. The Bertz CT molecular complexity index is 1580. The van der Waals surface area contributed by atoms with Crippen LogP contribution in [0.2, 0.25) is 0 Å². The number of anilines is 3. The predicted molar refractivity (Wildman–Crippen MR) is 188 cm³/mol. The van der Waals surface area contributed by atoms with Gasteiger partial charge in [-0.3, -0.25) is 0 Å². The minimum atomic E-state index is -1.47. The summed E-state index contributed by atoms with van der Waals surface area (Å²) in [6.45, 7) is 13.6. The van der Waals surface area contributed by atoms with E-state index in [1.54, 1.807) is 0 Å². The van der Waals surface area contributed by atoms with E-state index in [0.717, 1.165) is 17.1 Å². The fourth-order valence-electron chi connectivity index (χ4n) is 5.66. The predicted octanol–water partition coefficient (Wildman–Crippen LogP) is 11.4. The van der Waals surface area contributed by atoms with Crippen molar-refractivity contribution in [1.29, 1.82) is 0 Å². The second-order valence-corrected chi connectivity index (χ2v) is 17.0. The van der Waals surface area contributed by atoms with Gasteiger partial charge in [0.2, 0.25) is 0 Å². The molecule has 0 unspecified atom stereocenters. The van der Waals surface area contributed by atoms with E-state index in [4.69, 9.17) is 0 Å². The lowest BCUT2D eigenvalue weighted by molar-refractivity contribution is 0.590. The molecule has 4 aromatic carbocycles. The lowest BCUT2D eigenvalue weighted by Gasteiger charge is -2.38. The van der Waals surface area contributed by atoms with Crippen LogP contribution in [-0.4, -0.2) is 12.5 Å². The maximum atomic E-state index is 3.99. The molecular weight excluding hydrogens is 529 g/mol. The highest BCUT2D eigenvalue weighted by molar-refractivity contribution is 8.33. The van der Waals surface area contributed by atoms with Crippen molar-refractivity contribution in [2.75, 3.05) is 22.6 Å². The lowest BCUT2D eigenvalue weighted by Crippen LogP contribution is -2.14. The minimum Gasteiger partial charge on any atom is -0.355 e. The second kappa shape index (κ2) is 11.5. The van der Waals surface area contributed by atoms with Crippen LogP contribution < -0.4 is 10.0 Å². The molecule has 0 atom stereocenters. The van der Waals surface area contributed by atoms with Crippen molar-refractivity contribution in [3.05, 3.63) is 132 Å². The molecule has 4 aromatic rings. The molecule has 0 spiro atoms. The first-order valence-electron chi connectivity index (χ1n) is 14.9. The maximum Gasteiger partial charge on any atom is 0.0464 e. The van der Waals surface area contributed by atoms with Crippen molar-refractivity contribution in [1.82, 2.24) is 0 Å². The lowest BCUT2D eigenvalue weighted by atomic mass is 9.87. The van der Waals surface area contributed by atoms with Gasteiger partial charge in [0.05, 0.1) is 0 Å². The number of nitrogens with one attached hydrogen (secondary N) is 2. The fourth-order valence-corrected chi connectivity index (χ4v) is 8.01. The van der Waals surface area contributed by atoms with Crippen LogP contribution in [0, 0.1) is 0 Å². The third kappa shape index (κ3) is 6.52. The molecule has 218 valence electrons. The number of benzene rings is 4. The number of allylic oxidation sites excluding steroid dienone is 4. The van der Waals surface area contributed by atoms with Crippen molar-refractivity contribution >= 4 is 27.3 Å². The Morgan fingerprint density at radius 3 is 1.67 bits per heavy atom. The summed E-state index contributed by atoms with van der Waals surface area (Å²) in [6, 6.07) is 33.4. The Morgan fingerprint density at radius 1 is 0.571 bits per heavy atom. The molecule has 0 fully saturated rings. The number of hydrogen-bond donors (Lipinski definition) is 2. The molecule has 0 saturated carbocycles. The minimum absolute atomic E-state index is 0.128. The summed E-state index contributed by atoms with van der Waals surface area (Å²) in [5, 5.41) is 3.75. The van der Waals surface area contributed by atoms with Gasteiger partial charge in [-0.25, -0.2) is 0 Å². The first kappa shape index (κ1) is 29.8. The van der Waals surface area contributed by atoms with E-state index in [1.807, 2.05) is 0 Å². The summed E-state index contributed by atoms with van der Waals surface area (Å²) in [5.74, 6) is 0.266. The molecule has 0 heterocycles. The monoisotopic (exact) mass is 574 g/mol. The third-order valence-electron chi connectivity index (χ3n) is 8.03. The summed E-state index contributed by atoms with van der Waals surface area (Å²) in [4.78, 5) is 1.39. The SMILES string of the molecule is CC(C)(C)c1ccc(Nc2ccccc2-c2cccc(C3C=CC=C3)c2S(C)(C)Nc2ccc(C(C)(C)C)cc2)cc1. The summed E-state index contributed by atoms with van der Waals surface area (Å²) in [6.07, 6.45) is 13.7. The summed E-state index contributed by atoms with van der Waals surface area (Å²) >= 11 is 0. The molecule has 0 bridgehead atoms. The zero-order valence-electron chi connectivity index (χ0n) is 26.5. The van der Waals surface area contributed by atoms with Gasteiger partial charge in [0.1, 0.15) is 0 Å². The van der Waals surface area contributed by atoms with E-state index in [2.05, 4.69) is 179 Å². The molecule has 0 saturated heterocycles. The molecule has 5 rings (SSSR count). The van der Waals surface area contributed by atoms with Gasteiger partial charge in [-0.15, -0.1) is 10.2 Å². The van der Waals surface area contributed by atoms with E-state index in [0.29, 0.717) is 0 Å². The topological polar surface area (TPSA) is 24.1 Å². The maximum absolute atomic E-state index is 3.99. The van der Waals surface area contributed by atoms with Gasteiger partial charge >= 0.3 is 0 Å². The normalized spacial score (nSPS) is 14.3. The quantitative estimate of drug-likeness (QED) is 0.229. The molecule has 1 aliphatic carbocycles. The third-order valence-corrected chi connectivity index (χ3v) is 10.3. The Morgan fingerprint density at radius 2 is 1.10 bits per heavy atom. The van der Waals surface area contributed by atoms with Crippen LogP contribution in [0.5, 0.6) is 0 Å². The van der Waals surface area contributed by atoms with Crippen LogP contribution >= 0.6 is 10.2 Å². The number of hydrogen-bond acceptors (Lipinski definition) is 2. The molecule has 1 aliphatic rings. The molecule has 0 aromatic heterocycles. The highest BCUT2D eigenvalue weighted by Gasteiger charge is 2.27. The summed E-state index contributed by atoms with van der Waals surface area (Å²) in [5.41, 5.74) is 10.2. The Kier molecular flexibility index (Phi) is 8.18. The average Bonchev–Trinajstić information content (AvgIpc) is 3.48. The average molecular weight is 575 g/mol. The Hall–Kier alpha value is -3.69. The van der Waals surface area contributed by atoms with Crippen LogP contribution in [0.15, 0.2) is 120 Å². The van der Waals surface area contributed by atoms with Gasteiger partial charge in [-0.1, -0.05) is 127 Å². The standard InChI is InChI=1S/C39H46N2S/c1-38(2,3)29-20-24-31(25-21-29)40-36-19-12-11-16-34(36)35-18-13-17-33(28-14-9-10-15-28)37(35)42(7,8)41-32-26-22-30(23-27-32)39(4,5)6/h9-28,40-41H,1-8H3. The van der Waals surface area contributed by atoms with Gasteiger partial charge in [0.15, 0.2) is 0 Å². The van der Waals surface area contributed by atoms with Crippen molar-refractivity contribution in [2.45, 2.75) is 63.2 Å². The van der Waals surface area contributed by atoms with E-state index < -0.39 is 10.2 Å². The number of para-hydroxylation sites is 1. The van der Waals surface area contributed by atoms with Crippen LogP contribution in [0.25, 0.3) is 11.1 Å². The van der Waals surface area contributed by atoms with Gasteiger partial charge < -0.3 is 10.0 Å². The molecule has 0 radical (unpaired) electrons. The van der Waals surface area contributed by atoms with Crippen LogP contribution in [0.3, 0.4) is 0 Å². The van der Waals surface area contributed by atoms with E-state index in [1.165, 1.54) is 32.7 Å². The van der Waals surface area contributed by atoms with Crippen LogP contribution in [0.1, 0.15) is 64.2 Å². The van der Waals surface area contributed by atoms with E-state index in [9.17, 15) is 0 Å². The summed E-state index contributed by atoms with van der Waals surface area (Å²) < 4.78 is 3.99. The zero-order valence-corrected chi connectivity index (χ0v) is 27.3. The molecule has 2 nitrogen and oxygen atoms in total. The Labute approximate surface area is 255 Å². The molecule has 0 aliphatic heterocycles.